The second-order valence-corrected chi connectivity index (χ2v) is 6.30. The second kappa shape index (κ2) is 7.15. The van der Waals surface area contributed by atoms with Gasteiger partial charge in [0.2, 0.25) is 6.79 Å². The van der Waals surface area contributed by atoms with Crippen LogP contribution < -0.4 is 18.9 Å². The summed E-state index contributed by atoms with van der Waals surface area (Å²) in [6, 6.07) is 9.67. The zero-order valence-corrected chi connectivity index (χ0v) is 15.5. The fourth-order valence-corrected chi connectivity index (χ4v) is 3.12. The average molecular weight is 364 g/mol. The van der Waals surface area contributed by atoms with Crippen LogP contribution in [0.3, 0.4) is 0 Å². The summed E-state index contributed by atoms with van der Waals surface area (Å²) in [6.45, 7) is 2.22. The van der Waals surface area contributed by atoms with Crippen molar-refractivity contribution in [2.45, 2.75) is 13.3 Å². The minimum atomic E-state index is 0.247. The van der Waals surface area contributed by atoms with Gasteiger partial charge in [-0.15, -0.1) is 0 Å². The zero-order valence-electron chi connectivity index (χ0n) is 15.5. The minimum Gasteiger partial charge on any atom is -0.497 e. The van der Waals surface area contributed by atoms with Crippen LogP contribution in [0.1, 0.15) is 23.6 Å². The van der Waals surface area contributed by atoms with E-state index in [4.69, 9.17) is 18.9 Å². The minimum absolute atomic E-state index is 0.247. The number of nitrogens with zero attached hydrogens (tertiary/aromatic N) is 2. The van der Waals surface area contributed by atoms with Gasteiger partial charge in [0.25, 0.3) is 0 Å². The number of hydrogen-bond donors (Lipinski definition) is 0. The van der Waals surface area contributed by atoms with Crippen LogP contribution in [0.4, 0.5) is 0 Å². The van der Waals surface area contributed by atoms with Crippen LogP contribution in [0.25, 0.3) is 6.08 Å². The van der Waals surface area contributed by atoms with Crippen LogP contribution in [0, 0.1) is 0 Å². The Morgan fingerprint density at radius 3 is 2.56 bits per heavy atom. The van der Waals surface area contributed by atoms with E-state index in [2.05, 4.69) is 10.2 Å². The van der Waals surface area contributed by atoms with Crippen molar-refractivity contribution in [2.24, 2.45) is 10.2 Å². The number of rotatable bonds is 4. The summed E-state index contributed by atoms with van der Waals surface area (Å²) in [5, 5.41) is 8.76. The summed E-state index contributed by atoms with van der Waals surface area (Å²) in [5.41, 5.74) is 4.73. The van der Waals surface area contributed by atoms with Crippen LogP contribution in [0.5, 0.6) is 23.0 Å². The largest absolute Gasteiger partial charge is 0.497 e. The first-order chi connectivity index (χ1) is 13.2. The number of methoxy groups -OCH3 is 2. The third kappa shape index (κ3) is 3.38. The zero-order chi connectivity index (χ0) is 18.8. The van der Waals surface area contributed by atoms with E-state index in [-0.39, 0.29) is 6.79 Å². The first kappa shape index (κ1) is 17.1. The van der Waals surface area contributed by atoms with Crippen LogP contribution in [-0.4, -0.2) is 32.4 Å². The van der Waals surface area contributed by atoms with E-state index in [0.717, 1.165) is 57.5 Å². The van der Waals surface area contributed by atoms with Crippen molar-refractivity contribution in [3.05, 3.63) is 53.1 Å². The van der Waals surface area contributed by atoms with Gasteiger partial charge in [0, 0.05) is 29.3 Å². The highest BCUT2D eigenvalue weighted by Crippen LogP contribution is 2.36. The first-order valence-electron chi connectivity index (χ1n) is 8.62. The quantitative estimate of drug-likeness (QED) is 0.826. The second-order valence-electron chi connectivity index (χ2n) is 6.30. The number of allylic oxidation sites excluding steroid dienone is 1. The molecule has 4 rings (SSSR count). The third-order valence-corrected chi connectivity index (χ3v) is 4.51. The number of fused-ring (bicyclic) bond motifs is 2. The summed E-state index contributed by atoms with van der Waals surface area (Å²) in [4.78, 5) is 0. The highest BCUT2D eigenvalue weighted by atomic mass is 16.7. The first-order valence-corrected chi connectivity index (χ1v) is 8.62. The fraction of sp³-hybridized carbons (Fsp3) is 0.238. The predicted molar refractivity (Wildman–Crippen MR) is 104 cm³/mol. The molecule has 0 radical (unpaired) electrons. The van der Waals surface area contributed by atoms with Crippen LogP contribution in [-0.2, 0) is 6.42 Å². The van der Waals surface area contributed by atoms with Gasteiger partial charge in [-0.1, -0.05) is 0 Å². The Kier molecular flexibility index (Phi) is 4.54. The van der Waals surface area contributed by atoms with Crippen molar-refractivity contribution in [3.8, 4) is 23.0 Å². The molecule has 2 aliphatic heterocycles. The Morgan fingerprint density at radius 1 is 0.963 bits per heavy atom. The van der Waals surface area contributed by atoms with Gasteiger partial charge in [0.15, 0.2) is 11.5 Å². The Labute approximate surface area is 157 Å². The lowest BCUT2D eigenvalue weighted by Gasteiger charge is -2.09. The molecule has 0 atom stereocenters. The van der Waals surface area contributed by atoms with E-state index < -0.39 is 0 Å². The molecule has 6 heteroatoms. The lowest BCUT2D eigenvalue weighted by Crippen LogP contribution is -2.03. The van der Waals surface area contributed by atoms with Gasteiger partial charge >= 0.3 is 0 Å². The van der Waals surface area contributed by atoms with E-state index in [0.29, 0.717) is 0 Å². The molecule has 138 valence electrons. The molecule has 6 nitrogen and oxygen atoms in total. The molecule has 27 heavy (non-hydrogen) atoms. The van der Waals surface area contributed by atoms with Gasteiger partial charge in [-0.25, -0.2) is 0 Å². The van der Waals surface area contributed by atoms with Gasteiger partial charge in [-0.2, -0.15) is 10.2 Å². The van der Waals surface area contributed by atoms with Crippen LogP contribution >= 0.6 is 0 Å². The van der Waals surface area contributed by atoms with Crippen molar-refractivity contribution in [2.75, 3.05) is 21.0 Å². The molecular formula is C21H20N2O4. The fourth-order valence-electron chi connectivity index (χ4n) is 3.12. The molecular weight excluding hydrogens is 344 g/mol. The maximum Gasteiger partial charge on any atom is 0.231 e. The van der Waals surface area contributed by atoms with Gasteiger partial charge in [-0.3, -0.25) is 0 Å². The summed E-state index contributed by atoms with van der Waals surface area (Å²) in [5.74, 6) is 2.97. The van der Waals surface area contributed by atoms with E-state index >= 15 is 0 Å². The van der Waals surface area contributed by atoms with Crippen LogP contribution in [0.2, 0.25) is 0 Å². The molecule has 0 aliphatic carbocycles. The third-order valence-electron chi connectivity index (χ3n) is 4.51. The molecule has 0 aromatic heterocycles. The Morgan fingerprint density at radius 2 is 1.78 bits per heavy atom. The Bertz CT molecular complexity index is 976. The molecule has 2 heterocycles. The lowest BCUT2D eigenvalue weighted by atomic mass is 9.97. The highest BCUT2D eigenvalue weighted by Gasteiger charge is 2.21. The standard InChI is InChI=1S/C21H20N2O4/c1-13-8-15-9-20-21(27-12-26-20)11-17(15)18(23-22-13)7-5-14-4-6-16(24-2)10-19(14)25-3/h4-7,9-11H,8,12H2,1-3H3/b7-5+. The molecule has 2 aliphatic rings. The number of benzene rings is 2. The molecule has 0 saturated carbocycles. The lowest BCUT2D eigenvalue weighted by molar-refractivity contribution is 0.174. The highest BCUT2D eigenvalue weighted by molar-refractivity contribution is 6.13. The van der Waals surface area contributed by atoms with E-state index in [1.54, 1.807) is 14.2 Å². The van der Waals surface area contributed by atoms with Crippen molar-refractivity contribution in [1.29, 1.82) is 0 Å². The summed E-state index contributed by atoms with van der Waals surface area (Å²) >= 11 is 0. The summed E-state index contributed by atoms with van der Waals surface area (Å²) in [7, 11) is 3.27. The molecule has 0 spiro atoms. The Hall–Kier alpha value is -3.28. The van der Waals surface area contributed by atoms with E-state index in [9.17, 15) is 0 Å². The number of hydrogen-bond acceptors (Lipinski definition) is 6. The monoisotopic (exact) mass is 364 g/mol. The van der Waals surface area contributed by atoms with Crippen molar-refractivity contribution < 1.29 is 18.9 Å². The molecule has 0 unspecified atom stereocenters. The topological polar surface area (TPSA) is 61.6 Å². The maximum atomic E-state index is 5.53. The summed E-state index contributed by atoms with van der Waals surface area (Å²) in [6.07, 6.45) is 4.62. The predicted octanol–water partition coefficient (Wildman–Crippen LogP) is 3.87. The van der Waals surface area contributed by atoms with Gasteiger partial charge in [0.05, 0.1) is 19.9 Å². The maximum absolute atomic E-state index is 5.53. The average Bonchev–Trinajstić information content (AvgIpc) is 3.08. The molecule has 0 N–H and O–H groups in total. The SMILES string of the molecule is COc1ccc(/C=C/C2=NN=C(C)Cc3cc4c(cc32)OCO4)c(OC)c1. The molecule has 2 aromatic carbocycles. The van der Waals surface area contributed by atoms with E-state index in [1.807, 2.05) is 49.4 Å². The molecule has 0 amide bonds. The smallest absolute Gasteiger partial charge is 0.231 e. The molecule has 0 bridgehead atoms. The number of ether oxygens (including phenoxy) is 4. The van der Waals surface area contributed by atoms with Gasteiger partial charge < -0.3 is 18.9 Å². The van der Waals surface area contributed by atoms with Gasteiger partial charge in [0.1, 0.15) is 11.5 Å². The van der Waals surface area contributed by atoms with Crippen molar-refractivity contribution >= 4 is 17.5 Å². The molecule has 0 saturated heterocycles. The Balaban J connectivity index is 1.73. The van der Waals surface area contributed by atoms with Crippen LogP contribution in [0.15, 0.2) is 46.6 Å². The van der Waals surface area contributed by atoms with Crippen molar-refractivity contribution in [1.82, 2.24) is 0 Å². The normalized spacial score (nSPS) is 15.1. The van der Waals surface area contributed by atoms with Crippen molar-refractivity contribution in [3.63, 3.8) is 0 Å². The van der Waals surface area contributed by atoms with Gasteiger partial charge in [-0.05, 0) is 48.9 Å². The van der Waals surface area contributed by atoms with E-state index in [1.165, 1.54) is 0 Å². The molecule has 0 fully saturated rings. The summed E-state index contributed by atoms with van der Waals surface area (Å²) < 4.78 is 21.8. The molecule has 2 aromatic rings.